The first kappa shape index (κ1) is 16.8. The van der Waals surface area contributed by atoms with E-state index in [1.165, 1.54) is 0 Å². The summed E-state index contributed by atoms with van der Waals surface area (Å²) in [5.41, 5.74) is 3.06. The van der Waals surface area contributed by atoms with Gasteiger partial charge in [0.1, 0.15) is 12.3 Å². The van der Waals surface area contributed by atoms with Crippen molar-refractivity contribution in [2.45, 2.75) is 51.1 Å². The molecule has 128 valence electrons. The maximum atomic E-state index is 12.7. The minimum absolute atomic E-state index is 0.0119. The summed E-state index contributed by atoms with van der Waals surface area (Å²) in [4.78, 5) is 12.7. The Labute approximate surface area is 146 Å². The van der Waals surface area contributed by atoms with E-state index < -0.39 is 0 Å². The quantitative estimate of drug-likeness (QED) is 0.825. The Balaban J connectivity index is 1.66. The zero-order chi connectivity index (χ0) is 16.9. The van der Waals surface area contributed by atoms with Crippen molar-refractivity contribution in [2.75, 3.05) is 5.32 Å². The average Bonchev–Trinajstić information content (AvgIpc) is 3.12. The number of unbranched alkanes of at least 4 members (excludes halogenated alkanes) is 1. The fourth-order valence-corrected chi connectivity index (χ4v) is 3.25. The molecule has 1 aliphatic rings. The van der Waals surface area contributed by atoms with E-state index >= 15 is 0 Å². The maximum absolute atomic E-state index is 12.7. The molecule has 0 radical (unpaired) electrons. The van der Waals surface area contributed by atoms with Crippen molar-refractivity contribution in [2.24, 2.45) is 0 Å². The number of aromatic nitrogens is 1. The van der Waals surface area contributed by atoms with Gasteiger partial charge in [0, 0.05) is 16.3 Å². The van der Waals surface area contributed by atoms with Crippen molar-refractivity contribution >= 4 is 23.2 Å². The standard InChI is InChI=1S/C18H22ClN3O2/c1-2-3-4-15(13-10-20-24-11-13)22-18(23)17-7-5-12-9-14(19)6-8-16(12)21-17/h6,8-11,15,17,21H,2-5,7H2,1H3,(H,22,23). The van der Waals surface area contributed by atoms with Crippen molar-refractivity contribution in [1.29, 1.82) is 0 Å². The molecule has 24 heavy (non-hydrogen) atoms. The predicted molar refractivity (Wildman–Crippen MR) is 94.1 cm³/mol. The van der Waals surface area contributed by atoms with E-state index in [1.54, 1.807) is 12.5 Å². The largest absolute Gasteiger partial charge is 0.373 e. The van der Waals surface area contributed by atoms with E-state index in [9.17, 15) is 4.79 Å². The molecule has 1 amide bonds. The summed E-state index contributed by atoms with van der Waals surface area (Å²) < 4.78 is 4.93. The van der Waals surface area contributed by atoms with Crippen LogP contribution in [-0.2, 0) is 11.2 Å². The number of rotatable bonds is 6. The van der Waals surface area contributed by atoms with E-state index in [1.807, 2.05) is 18.2 Å². The van der Waals surface area contributed by atoms with Crippen LogP contribution in [-0.4, -0.2) is 17.1 Å². The fourth-order valence-electron chi connectivity index (χ4n) is 3.05. The molecule has 0 spiro atoms. The molecule has 0 bridgehead atoms. The van der Waals surface area contributed by atoms with Gasteiger partial charge < -0.3 is 15.2 Å². The normalized spacial score (nSPS) is 17.7. The summed E-state index contributed by atoms with van der Waals surface area (Å²) in [5, 5.41) is 10.9. The second-order valence-electron chi connectivity index (χ2n) is 6.20. The number of amides is 1. The van der Waals surface area contributed by atoms with Gasteiger partial charge in [-0.15, -0.1) is 0 Å². The third-order valence-corrected chi connectivity index (χ3v) is 4.67. The number of nitrogens with one attached hydrogen (secondary N) is 2. The third-order valence-electron chi connectivity index (χ3n) is 4.43. The van der Waals surface area contributed by atoms with Crippen LogP contribution in [0.5, 0.6) is 0 Å². The van der Waals surface area contributed by atoms with Crippen LogP contribution in [0.3, 0.4) is 0 Å². The topological polar surface area (TPSA) is 67.2 Å². The molecular weight excluding hydrogens is 326 g/mol. The molecule has 6 heteroatoms. The smallest absolute Gasteiger partial charge is 0.242 e. The summed E-state index contributed by atoms with van der Waals surface area (Å²) in [7, 11) is 0. The Morgan fingerprint density at radius 3 is 3.17 bits per heavy atom. The summed E-state index contributed by atoms with van der Waals surface area (Å²) in [6, 6.07) is 5.44. The van der Waals surface area contributed by atoms with E-state index in [-0.39, 0.29) is 18.0 Å². The lowest BCUT2D eigenvalue weighted by molar-refractivity contribution is -0.122. The minimum Gasteiger partial charge on any atom is -0.373 e. The predicted octanol–water partition coefficient (Wildman–Crippen LogP) is 4.10. The molecule has 2 N–H and O–H groups in total. The molecule has 5 nitrogen and oxygen atoms in total. The number of nitrogens with zero attached hydrogens (tertiary/aromatic N) is 1. The van der Waals surface area contributed by atoms with Crippen LogP contribution >= 0.6 is 11.6 Å². The van der Waals surface area contributed by atoms with E-state index in [0.29, 0.717) is 0 Å². The Morgan fingerprint density at radius 1 is 1.54 bits per heavy atom. The molecule has 1 aromatic heterocycles. The number of hydrogen-bond acceptors (Lipinski definition) is 4. The van der Waals surface area contributed by atoms with Crippen LogP contribution in [0.1, 0.15) is 49.8 Å². The number of anilines is 1. The van der Waals surface area contributed by atoms with Crippen molar-refractivity contribution < 1.29 is 9.32 Å². The van der Waals surface area contributed by atoms with Crippen molar-refractivity contribution in [3.05, 3.63) is 46.8 Å². The van der Waals surface area contributed by atoms with E-state index in [2.05, 4.69) is 22.7 Å². The van der Waals surface area contributed by atoms with Gasteiger partial charge in [-0.25, -0.2) is 0 Å². The summed E-state index contributed by atoms with van der Waals surface area (Å²) in [6.07, 6.45) is 7.86. The lowest BCUT2D eigenvalue weighted by Crippen LogP contribution is -2.43. The van der Waals surface area contributed by atoms with Gasteiger partial charge in [-0.1, -0.05) is 36.5 Å². The number of halogens is 1. The highest BCUT2D eigenvalue weighted by Crippen LogP contribution is 2.28. The second kappa shape index (κ2) is 7.71. The molecule has 0 fully saturated rings. The molecule has 1 aliphatic heterocycles. The van der Waals surface area contributed by atoms with Crippen molar-refractivity contribution in [3.8, 4) is 0 Å². The zero-order valence-electron chi connectivity index (χ0n) is 13.7. The molecular formula is C18H22ClN3O2. The van der Waals surface area contributed by atoms with Crippen LogP contribution in [0.4, 0.5) is 5.69 Å². The minimum atomic E-state index is -0.234. The summed E-state index contributed by atoms with van der Waals surface area (Å²) in [5.74, 6) is 0.0119. The first-order chi connectivity index (χ1) is 11.7. The molecule has 2 aromatic rings. The maximum Gasteiger partial charge on any atom is 0.242 e. The van der Waals surface area contributed by atoms with Crippen molar-refractivity contribution in [3.63, 3.8) is 0 Å². The van der Waals surface area contributed by atoms with Crippen LogP contribution in [0, 0.1) is 0 Å². The van der Waals surface area contributed by atoms with Gasteiger partial charge in [0.15, 0.2) is 0 Å². The SMILES string of the molecule is CCCCC(NC(=O)C1CCc2cc(Cl)ccc2N1)c1cnoc1. The molecule has 2 heterocycles. The third kappa shape index (κ3) is 3.90. The lowest BCUT2D eigenvalue weighted by Gasteiger charge is -2.28. The molecule has 0 aliphatic carbocycles. The molecule has 1 aromatic carbocycles. The van der Waals surface area contributed by atoms with Crippen LogP contribution in [0.2, 0.25) is 5.02 Å². The number of carbonyl (C=O) groups excluding carboxylic acids is 1. The number of benzene rings is 1. The number of aryl methyl sites for hydroxylation is 1. The second-order valence-corrected chi connectivity index (χ2v) is 6.63. The van der Waals surface area contributed by atoms with Crippen LogP contribution in [0.15, 0.2) is 35.2 Å². The molecule has 0 saturated carbocycles. The van der Waals surface area contributed by atoms with E-state index in [0.717, 1.165) is 53.9 Å². The zero-order valence-corrected chi connectivity index (χ0v) is 14.5. The van der Waals surface area contributed by atoms with Gasteiger partial charge in [-0.3, -0.25) is 4.79 Å². The molecule has 2 unspecified atom stereocenters. The van der Waals surface area contributed by atoms with Crippen LogP contribution < -0.4 is 10.6 Å². The lowest BCUT2D eigenvalue weighted by atomic mass is 9.97. The molecule has 0 saturated heterocycles. The van der Waals surface area contributed by atoms with Crippen molar-refractivity contribution in [1.82, 2.24) is 10.5 Å². The summed E-state index contributed by atoms with van der Waals surface area (Å²) >= 11 is 6.03. The van der Waals surface area contributed by atoms with Crippen LogP contribution in [0.25, 0.3) is 0 Å². The Hall–Kier alpha value is -2.01. The monoisotopic (exact) mass is 347 g/mol. The summed E-state index contributed by atoms with van der Waals surface area (Å²) in [6.45, 7) is 2.14. The highest BCUT2D eigenvalue weighted by molar-refractivity contribution is 6.30. The van der Waals surface area contributed by atoms with E-state index in [4.69, 9.17) is 16.1 Å². The number of fused-ring (bicyclic) bond motifs is 1. The van der Waals surface area contributed by atoms with Gasteiger partial charge in [0.2, 0.25) is 5.91 Å². The van der Waals surface area contributed by atoms with Gasteiger partial charge in [-0.05, 0) is 43.0 Å². The Bertz CT molecular complexity index is 688. The number of hydrogen-bond donors (Lipinski definition) is 2. The molecule has 3 rings (SSSR count). The average molecular weight is 348 g/mol. The number of carbonyl (C=O) groups is 1. The first-order valence-electron chi connectivity index (χ1n) is 8.42. The molecule has 2 atom stereocenters. The Kier molecular flexibility index (Phi) is 5.41. The first-order valence-corrected chi connectivity index (χ1v) is 8.79. The van der Waals surface area contributed by atoms with Gasteiger partial charge in [0.05, 0.1) is 12.2 Å². The highest BCUT2D eigenvalue weighted by atomic mass is 35.5. The van der Waals surface area contributed by atoms with Gasteiger partial charge >= 0.3 is 0 Å². The fraction of sp³-hybridized carbons (Fsp3) is 0.444. The Morgan fingerprint density at radius 2 is 2.42 bits per heavy atom. The van der Waals surface area contributed by atoms with Gasteiger partial charge in [0.25, 0.3) is 0 Å². The highest BCUT2D eigenvalue weighted by Gasteiger charge is 2.26. The van der Waals surface area contributed by atoms with Gasteiger partial charge in [-0.2, -0.15) is 0 Å².